The summed E-state index contributed by atoms with van der Waals surface area (Å²) in [4.78, 5) is 12.0. The fraction of sp³-hybridized carbons (Fsp3) is 0.0556. The molecule has 0 aliphatic heterocycles. The van der Waals surface area contributed by atoms with E-state index in [9.17, 15) is 9.18 Å². The lowest BCUT2D eigenvalue weighted by molar-refractivity contribution is 0.0949. The molecule has 0 bridgehead atoms. The molecule has 0 saturated heterocycles. The minimum atomic E-state index is -0.456. The summed E-state index contributed by atoms with van der Waals surface area (Å²) in [7, 11) is 0. The van der Waals surface area contributed by atoms with Crippen molar-refractivity contribution in [2.75, 3.05) is 0 Å². The van der Waals surface area contributed by atoms with Crippen LogP contribution in [0.1, 0.15) is 21.6 Å². The molecule has 0 aliphatic rings. The summed E-state index contributed by atoms with van der Waals surface area (Å²) >= 11 is 3.39. The molecule has 0 spiro atoms. The molecule has 25 heavy (non-hydrogen) atoms. The first kappa shape index (κ1) is 17.0. The maximum absolute atomic E-state index is 13.4. The molecule has 0 saturated carbocycles. The molecule has 7 heteroatoms. The van der Waals surface area contributed by atoms with E-state index >= 15 is 0 Å². The number of hydrazone groups is 1. The van der Waals surface area contributed by atoms with Crippen molar-refractivity contribution in [3.63, 3.8) is 0 Å². The topological polar surface area (TPSA) is 59.3 Å². The van der Waals surface area contributed by atoms with Crippen LogP contribution in [0.25, 0.3) is 0 Å². The van der Waals surface area contributed by atoms with Gasteiger partial charge >= 0.3 is 0 Å². The van der Waals surface area contributed by atoms with Gasteiger partial charge in [0.25, 0.3) is 5.91 Å². The van der Waals surface area contributed by atoms with Gasteiger partial charge in [0.2, 0.25) is 0 Å². The average molecular weight is 401 g/mol. The Morgan fingerprint density at radius 3 is 2.72 bits per heavy atom. The van der Waals surface area contributed by atoms with Gasteiger partial charge in [0, 0.05) is 16.2 Å². The van der Waals surface area contributed by atoms with E-state index in [2.05, 4.69) is 31.6 Å². The average Bonchev–Trinajstić information content (AvgIpc) is 3.07. The van der Waals surface area contributed by atoms with Crippen molar-refractivity contribution in [3.05, 3.63) is 87.9 Å². The summed E-state index contributed by atoms with van der Waals surface area (Å²) < 4.78 is 16.1. The summed E-state index contributed by atoms with van der Waals surface area (Å²) in [5.41, 5.74) is 3.94. The van der Waals surface area contributed by atoms with Gasteiger partial charge in [0.1, 0.15) is 5.82 Å². The van der Waals surface area contributed by atoms with E-state index in [1.54, 1.807) is 35.1 Å². The highest BCUT2D eigenvalue weighted by atomic mass is 79.9. The molecular weight excluding hydrogens is 387 g/mol. The van der Waals surface area contributed by atoms with Crippen LogP contribution in [0.3, 0.4) is 0 Å². The van der Waals surface area contributed by atoms with Crippen molar-refractivity contribution in [2.45, 2.75) is 6.54 Å². The van der Waals surface area contributed by atoms with E-state index in [1.165, 1.54) is 12.3 Å². The van der Waals surface area contributed by atoms with Crippen LogP contribution in [0, 0.1) is 5.82 Å². The van der Waals surface area contributed by atoms with Crippen LogP contribution in [-0.4, -0.2) is 21.9 Å². The molecule has 0 fully saturated rings. The van der Waals surface area contributed by atoms with Gasteiger partial charge in [-0.2, -0.15) is 10.2 Å². The predicted octanol–water partition coefficient (Wildman–Crippen LogP) is 3.60. The number of benzene rings is 2. The Balaban J connectivity index is 1.60. The van der Waals surface area contributed by atoms with Crippen molar-refractivity contribution < 1.29 is 9.18 Å². The Hall–Kier alpha value is -2.80. The van der Waals surface area contributed by atoms with Gasteiger partial charge in [-0.05, 0) is 29.8 Å². The molecule has 2 aromatic carbocycles. The zero-order valence-electron chi connectivity index (χ0n) is 13.1. The number of carbonyl (C=O) groups excluding carboxylic acids is 1. The lowest BCUT2D eigenvalue weighted by Crippen LogP contribution is -2.18. The predicted molar refractivity (Wildman–Crippen MR) is 96.9 cm³/mol. The molecule has 0 unspecified atom stereocenters. The Kier molecular flexibility index (Phi) is 5.35. The number of hydrogen-bond acceptors (Lipinski definition) is 3. The van der Waals surface area contributed by atoms with Crippen molar-refractivity contribution in [3.8, 4) is 0 Å². The summed E-state index contributed by atoms with van der Waals surface area (Å²) in [5.74, 6) is -0.860. The quantitative estimate of drug-likeness (QED) is 0.525. The first-order chi connectivity index (χ1) is 12.1. The molecule has 0 radical (unpaired) electrons. The van der Waals surface area contributed by atoms with Gasteiger partial charge in [0.15, 0.2) is 5.69 Å². The number of nitrogens with one attached hydrogen (secondary N) is 1. The van der Waals surface area contributed by atoms with E-state index in [0.29, 0.717) is 12.1 Å². The zero-order chi connectivity index (χ0) is 17.6. The lowest BCUT2D eigenvalue weighted by Gasteiger charge is -2.02. The fourth-order valence-electron chi connectivity index (χ4n) is 2.15. The van der Waals surface area contributed by atoms with Gasteiger partial charge in [-0.3, -0.25) is 9.48 Å². The lowest BCUT2D eigenvalue weighted by atomic mass is 10.2. The Morgan fingerprint density at radius 2 is 1.96 bits per heavy atom. The summed E-state index contributed by atoms with van der Waals surface area (Å²) in [5, 5.41) is 7.98. The molecule has 1 heterocycles. The molecule has 1 N–H and O–H groups in total. The van der Waals surface area contributed by atoms with Crippen LogP contribution < -0.4 is 5.43 Å². The highest BCUT2D eigenvalue weighted by molar-refractivity contribution is 9.10. The monoisotopic (exact) mass is 400 g/mol. The molecule has 126 valence electrons. The van der Waals surface area contributed by atoms with Crippen LogP contribution in [-0.2, 0) is 6.54 Å². The van der Waals surface area contributed by atoms with Gasteiger partial charge in [-0.25, -0.2) is 9.82 Å². The van der Waals surface area contributed by atoms with Crippen LogP contribution in [0.4, 0.5) is 4.39 Å². The molecule has 1 amide bonds. The van der Waals surface area contributed by atoms with Crippen molar-refractivity contribution >= 4 is 28.1 Å². The maximum atomic E-state index is 13.4. The van der Waals surface area contributed by atoms with Gasteiger partial charge in [-0.15, -0.1) is 0 Å². The Labute approximate surface area is 152 Å². The van der Waals surface area contributed by atoms with E-state index < -0.39 is 11.7 Å². The van der Waals surface area contributed by atoms with E-state index in [1.807, 2.05) is 24.3 Å². The normalized spacial score (nSPS) is 11.0. The second-order valence-corrected chi connectivity index (χ2v) is 6.16. The Bertz CT molecular complexity index is 905. The Morgan fingerprint density at radius 1 is 1.20 bits per heavy atom. The molecule has 3 rings (SSSR count). The SMILES string of the molecule is O=C(NN=Cc1ccccc1F)c1ccn(Cc2ccc(Br)cc2)n1. The largest absolute Gasteiger partial charge is 0.291 e. The summed E-state index contributed by atoms with van der Waals surface area (Å²) in [6.07, 6.45) is 2.98. The zero-order valence-corrected chi connectivity index (χ0v) is 14.6. The van der Waals surface area contributed by atoms with Crippen LogP contribution >= 0.6 is 15.9 Å². The number of rotatable bonds is 5. The smallest absolute Gasteiger partial charge is 0.268 e. The van der Waals surface area contributed by atoms with E-state index in [0.717, 1.165) is 10.0 Å². The molecule has 1 aromatic heterocycles. The third-order valence-corrected chi connectivity index (χ3v) is 3.93. The molecular formula is C18H14BrFN4O. The van der Waals surface area contributed by atoms with Gasteiger partial charge in [0.05, 0.1) is 12.8 Å². The van der Waals surface area contributed by atoms with Crippen molar-refractivity contribution in [1.29, 1.82) is 0 Å². The molecule has 3 aromatic rings. The molecule has 0 aliphatic carbocycles. The van der Waals surface area contributed by atoms with Gasteiger partial charge < -0.3 is 0 Å². The fourth-order valence-corrected chi connectivity index (χ4v) is 2.41. The molecule has 0 atom stereocenters. The third kappa shape index (κ3) is 4.60. The highest BCUT2D eigenvalue weighted by Crippen LogP contribution is 2.11. The van der Waals surface area contributed by atoms with E-state index in [4.69, 9.17) is 0 Å². The highest BCUT2D eigenvalue weighted by Gasteiger charge is 2.08. The third-order valence-electron chi connectivity index (χ3n) is 3.41. The van der Waals surface area contributed by atoms with Crippen molar-refractivity contribution in [1.82, 2.24) is 15.2 Å². The number of aromatic nitrogens is 2. The second kappa shape index (κ2) is 7.85. The number of hydrogen-bond donors (Lipinski definition) is 1. The van der Waals surface area contributed by atoms with E-state index in [-0.39, 0.29) is 5.69 Å². The van der Waals surface area contributed by atoms with Crippen LogP contribution in [0.15, 0.2) is 70.4 Å². The number of halogens is 2. The molecule has 5 nitrogen and oxygen atoms in total. The van der Waals surface area contributed by atoms with Crippen LogP contribution in [0.2, 0.25) is 0 Å². The standard InChI is InChI=1S/C18H14BrFN4O/c19-15-7-5-13(6-8-15)12-24-10-9-17(23-24)18(25)22-21-11-14-3-1-2-4-16(14)20/h1-11H,12H2,(H,22,25). The minimum absolute atomic E-state index is 0.239. The summed E-state index contributed by atoms with van der Waals surface area (Å²) in [6, 6.07) is 15.6. The number of carbonyl (C=O) groups is 1. The number of amides is 1. The maximum Gasteiger partial charge on any atom is 0.291 e. The summed E-state index contributed by atoms with van der Waals surface area (Å²) in [6.45, 7) is 0.555. The first-order valence-corrected chi connectivity index (χ1v) is 8.27. The minimum Gasteiger partial charge on any atom is -0.268 e. The van der Waals surface area contributed by atoms with Gasteiger partial charge in [-0.1, -0.05) is 46.3 Å². The van der Waals surface area contributed by atoms with Crippen molar-refractivity contribution in [2.24, 2.45) is 5.10 Å². The number of nitrogens with zero attached hydrogens (tertiary/aromatic N) is 3. The first-order valence-electron chi connectivity index (χ1n) is 7.47. The second-order valence-electron chi connectivity index (χ2n) is 5.25. The van der Waals surface area contributed by atoms with Crippen LogP contribution in [0.5, 0.6) is 0 Å².